The molecule has 1 heterocycles. The highest BCUT2D eigenvalue weighted by Gasteiger charge is 2.44. The SMILES string of the molecule is CCCCn1nnnc1CNC(=O)NCC1(c2cccc(F)c2)CC1. The molecule has 0 unspecified atom stereocenters. The molecule has 0 atom stereocenters. The third-order valence-electron chi connectivity index (χ3n) is 4.61. The van der Waals surface area contributed by atoms with Crippen LogP contribution in [0.2, 0.25) is 0 Å². The second-order valence-corrected chi connectivity index (χ2v) is 6.50. The van der Waals surface area contributed by atoms with Crippen LogP contribution in [0, 0.1) is 5.82 Å². The Labute approximate surface area is 146 Å². The molecule has 1 saturated carbocycles. The minimum Gasteiger partial charge on any atom is -0.337 e. The van der Waals surface area contributed by atoms with E-state index < -0.39 is 0 Å². The molecule has 2 N–H and O–H groups in total. The van der Waals surface area contributed by atoms with Crippen LogP contribution in [0.1, 0.15) is 44.0 Å². The minimum atomic E-state index is -0.271. The van der Waals surface area contributed by atoms with Crippen molar-refractivity contribution in [2.24, 2.45) is 0 Å². The van der Waals surface area contributed by atoms with Crippen molar-refractivity contribution in [2.45, 2.75) is 51.1 Å². The van der Waals surface area contributed by atoms with Gasteiger partial charge in [-0.25, -0.2) is 13.9 Å². The summed E-state index contributed by atoms with van der Waals surface area (Å²) in [6.45, 7) is 3.60. The van der Waals surface area contributed by atoms with Crippen LogP contribution in [0.3, 0.4) is 0 Å². The number of rotatable bonds is 8. The number of tetrazole rings is 1. The zero-order chi connectivity index (χ0) is 17.7. The van der Waals surface area contributed by atoms with Crippen LogP contribution in [0.4, 0.5) is 9.18 Å². The summed E-state index contributed by atoms with van der Waals surface area (Å²) in [5.41, 5.74) is 0.804. The first-order chi connectivity index (χ1) is 12.1. The van der Waals surface area contributed by atoms with E-state index in [9.17, 15) is 9.18 Å². The second-order valence-electron chi connectivity index (χ2n) is 6.50. The molecule has 2 amide bonds. The average molecular weight is 346 g/mol. The van der Waals surface area contributed by atoms with Gasteiger partial charge in [0.15, 0.2) is 5.82 Å². The van der Waals surface area contributed by atoms with E-state index in [2.05, 4.69) is 33.1 Å². The zero-order valence-electron chi connectivity index (χ0n) is 14.3. The summed E-state index contributed by atoms with van der Waals surface area (Å²) in [4.78, 5) is 12.1. The summed E-state index contributed by atoms with van der Waals surface area (Å²) in [7, 11) is 0. The van der Waals surface area contributed by atoms with Crippen molar-refractivity contribution in [1.29, 1.82) is 0 Å². The molecule has 1 fully saturated rings. The van der Waals surface area contributed by atoms with Crippen LogP contribution in [0.5, 0.6) is 0 Å². The molecule has 1 aromatic heterocycles. The first-order valence-electron chi connectivity index (χ1n) is 8.66. The van der Waals surface area contributed by atoms with Crippen LogP contribution in [-0.2, 0) is 18.5 Å². The van der Waals surface area contributed by atoms with E-state index in [0.717, 1.165) is 37.8 Å². The first-order valence-corrected chi connectivity index (χ1v) is 8.66. The predicted molar refractivity (Wildman–Crippen MR) is 90.3 cm³/mol. The van der Waals surface area contributed by atoms with Gasteiger partial charge in [-0.15, -0.1) is 5.10 Å². The molecule has 8 heteroatoms. The Morgan fingerprint density at radius 1 is 1.36 bits per heavy atom. The van der Waals surface area contributed by atoms with Gasteiger partial charge in [-0.1, -0.05) is 25.5 Å². The van der Waals surface area contributed by atoms with Crippen LogP contribution in [0.25, 0.3) is 0 Å². The lowest BCUT2D eigenvalue weighted by Crippen LogP contribution is -2.40. The third-order valence-corrected chi connectivity index (χ3v) is 4.61. The number of nitrogens with one attached hydrogen (secondary N) is 2. The summed E-state index contributed by atoms with van der Waals surface area (Å²) in [5.74, 6) is 0.391. The Morgan fingerprint density at radius 2 is 2.20 bits per heavy atom. The fourth-order valence-electron chi connectivity index (χ4n) is 2.84. The third kappa shape index (κ3) is 4.32. The summed E-state index contributed by atoms with van der Waals surface area (Å²) >= 11 is 0. The van der Waals surface area contributed by atoms with Gasteiger partial charge in [0, 0.05) is 18.5 Å². The topological polar surface area (TPSA) is 84.7 Å². The summed E-state index contributed by atoms with van der Waals surface area (Å²) < 4.78 is 15.1. The number of aromatic nitrogens is 4. The fraction of sp³-hybridized carbons (Fsp3) is 0.529. The van der Waals surface area contributed by atoms with Gasteiger partial charge in [-0.2, -0.15) is 0 Å². The largest absolute Gasteiger partial charge is 0.337 e. The molecule has 0 spiro atoms. The maximum absolute atomic E-state index is 13.4. The Hall–Kier alpha value is -2.51. The number of hydrogen-bond donors (Lipinski definition) is 2. The van der Waals surface area contributed by atoms with Crippen LogP contribution in [-0.4, -0.2) is 32.8 Å². The molecule has 1 aliphatic rings. The van der Waals surface area contributed by atoms with Crippen molar-refractivity contribution in [1.82, 2.24) is 30.8 Å². The zero-order valence-corrected chi connectivity index (χ0v) is 14.3. The smallest absolute Gasteiger partial charge is 0.315 e. The number of carbonyl (C=O) groups is 1. The van der Waals surface area contributed by atoms with Gasteiger partial charge in [0.2, 0.25) is 0 Å². The Kier molecular flexibility index (Phi) is 5.25. The number of unbranched alkanes of at least 4 members (excludes halogenated alkanes) is 1. The minimum absolute atomic E-state index is 0.137. The maximum atomic E-state index is 13.4. The van der Waals surface area contributed by atoms with E-state index in [1.54, 1.807) is 16.8 Å². The molecule has 3 rings (SSSR count). The summed E-state index contributed by atoms with van der Waals surface area (Å²) in [6, 6.07) is 6.34. The molecule has 0 bridgehead atoms. The van der Waals surface area contributed by atoms with Gasteiger partial charge >= 0.3 is 6.03 Å². The predicted octanol–water partition coefficient (Wildman–Crippen LogP) is 2.14. The van der Waals surface area contributed by atoms with Gasteiger partial charge in [0.05, 0.1) is 6.54 Å². The Bertz CT molecular complexity index is 727. The molecule has 25 heavy (non-hydrogen) atoms. The molecule has 1 aromatic carbocycles. The number of carbonyl (C=O) groups excluding carboxylic acids is 1. The van der Waals surface area contributed by atoms with Crippen molar-refractivity contribution in [3.05, 3.63) is 41.5 Å². The van der Waals surface area contributed by atoms with E-state index in [1.165, 1.54) is 6.07 Å². The van der Waals surface area contributed by atoms with Gasteiger partial charge in [-0.05, 0) is 47.4 Å². The Morgan fingerprint density at radius 3 is 2.92 bits per heavy atom. The first kappa shape index (κ1) is 17.3. The number of urea groups is 1. The van der Waals surface area contributed by atoms with E-state index in [0.29, 0.717) is 12.4 Å². The quantitative estimate of drug-likeness (QED) is 0.767. The Balaban J connectivity index is 1.48. The number of nitrogens with zero attached hydrogens (tertiary/aromatic N) is 4. The lowest BCUT2D eigenvalue weighted by atomic mass is 9.96. The lowest BCUT2D eigenvalue weighted by Gasteiger charge is -2.17. The number of benzene rings is 1. The summed E-state index contributed by atoms with van der Waals surface area (Å²) in [5, 5.41) is 17.2. The fourth-order valence-corrected chi connectivity index (χ4v) is 2.84. The second kappa shape index (κ2) is 7.58. The molecular formula is C17H23FN6O. The average Bonchev–Trinajstić information content (AvgIpc) is 3.28. The number of hydrogen-bond acceptors (Lipinski definition) is 4. The molecular weight excluding hydrogens is 323 g/mol. The van der Waals surface area contributed by atoms with E-state index in [1.807, 2.05) is 6.07 Å². The van der Waals surface area contributed by atoms with E-state index >= 15 is 0 Å². The molecule has 7 nitrogen and oxygen atoms in total. The molecule has 134 valence electrons. The van der Waals surface area contributed by atoms with Gasteiger partial charge in [0.25, 0.3) is 0 Å². The highest BCUT2D eigenvalue weighted by molar-refractivity contribution is 5.74. The molecule has 1 aliphatic carbocycles. The highest BCUT2D eigenvalue weighted by atomic mass is 19.1. The van der Waals surface area contributed by atoms with Gasteiger partial charge < -0.3 is 10.6 Å². The van der Waals surface area contributed by atoms with Crippen molar-refractivity contribution in [2.75, 3.05) is 6.54 Å². The van der Waals surface area contributed by atoms with Gasteiger partial charge in [0.1, 0.15) is 5.82 Å². The maximum Gasteiger partial charge on any atom is 0.315 e. The molecule has 2 aromatic rings. The van der Waals surface area contributed by atoms with E-state index in [-0.39, 0.29) is 23.8 Å². The van der Waals surface area contributed by atoms with Crippen molar-refractivity contribution in [3.8, 4) is 0 Å². The number of halogens is 1. The van der Waals surface area contributed by atoms with Crippen LogP contribution in [0.15, 0.2) is 24.3 Å². The van der Waals surface area contributed by atoms with Crippen LogP contribution < -0.4 is 10.6 Å². The molecule has 0 saturated heterocycles. The monoisotopic (exact) mass is 346 g/mol. The van der Waals surface area contributed by atoms with Crippen molar-refractivity contribution >= 4 is 6.03 Å². The molecule has 0 aliphatic heterocycles. The van der Waals surface area contributed by atoms with Crippen LogP contribution >= 0.6 is 0 Å². The normalized spacial score (nSPS) is 15.0. The van der Waals surface area contributed by atoms with Gasteiger partial charge in [-0.3, -0.25) is 0 Å². The van der Waals surface area contributed by atoms with Crippen molar-refractivity contribution < 1.29 is 9.18 Å². The lowest BCUT2D eigenvalue weighted by molar-refractivity contribution is 0.239. The standard InChI is InChI=1S/C17H23FN6O/c1-2-3-9-24-15(21-22-23-24)11-19-16(25)20-12-17(7-8-17)13-5-4-6-14(18)10-13/h4-6,10H,2-3,7-9,11-12H2,1H3,(H2,19,20,25). The number of aryl methyl sites for hydroxylation is 1. The van der Waals surface area contributed by atoms with Crippen molar-refractivity contribution in [3.63, 3.8) is 0 Å². The highest BCUT2D eigenvalue weighted by Crippen LogP contribution is 2.47. The molecule has 0 radical (unpaired) electrons. The van der Waals surface area contributed by atoms with E-state index in [4.69, 9.17) is 0 Å². The summed E-state index contributed by atoms with van der Waals surface area (Å²) in [6.07, 6.45) is 3.94. The number of amides is 2.